The molecule has 0 heterocycles. The molecule has 0 radical (unpaired) electrons. The minimum Gasteiger partial charge on any atom is -0.465 e. The maximum Gasteiger partial charge on any atom is 0.340 e. The Hall–Kier alpha value is -1.69. The van der Waals surface area contributed by atoms with Crippen molar-refractivity contribution in [2.45, 2.75) is 13.3 Å². The molecule has 0 bridgehead atoms. The van der Waals surface area contributed by atoms with Gasteiger partial charge < -0.3 is 14.8 Å². The smallest absolute Gasteiger partial charge is 0.340 e. The van der Waals surface area contributed by atoms with E-state index in [4.69, 9.17) is 4.74 Å². The molecule has 0 saturated carbocycles. The Bertz CT molecular complexity index is 438. The summed E-state index contributed by atoms with van der Waals surface area (Å²) in [6.45, 7) is 3.51. The summed E-state index contributed by atoms with van der Waals surface area (Å²) in [7, 11) is 1.11. The summed E-state index contributed by atoms with van der Waals surface area (Å²) in [5.41, 5.74) is -0.401. The van der Waals surface area contributed by atoms with Crippen LogP contribution in [0.3, 0.4) is 0 Å². The van der Waals surface area contributed by atoms with Crippen molar-refractivity contribution in [2.24, 2.45) is 0 Å². The molecule has 0 atom stereocenters. The Morgan fingerprint density at radius 1 is 1.32 bits per heavy atom. The fraction of sp³-hybridized carbons (Fsp3) is 0.462. The second kappa shape index (κ2) is 7.68. The molecule has 0 aliphatic heterocycles. The zero-order chi connectivity index (χ0) is 14.3. The molecule has 106 valence electrons. The minimum atomic E-state index is -1.21. The summed E-state index contributed by atoms with van der Waals surface area (Å²) >= 11 is 0. The topological polar surface area (TPSA) is 47.6 Å². The maximum atomic E-state index is 13.7. The van der Waals surface area contributed by atoms with E-state index < -0.39 is 23.2 Å². The zero-order valence-electron chi connectivity index (χ0n) is 11.0. The summed E-state index contributed by atoms with van der Waals surface area (Å²) in [6.07, 6.45) is 0.674. The first kappa shape index (κ1) is 15.4. The van der Waals surface area contributed by atoms with Gasteiger partial charge in [-0.25, -0.2) is 13.6 Å². The van der Waals surface area contributed by atoms with E-state index in [0.29, 0.717) is 26.2 Å². The summed E-state index contributed by atoms with van der Waals surface area (Å²) in [5, 5.41) is 2.75. The van der Waals surface area contributed by atoms with Gasteiger partial charge in [-0.15, -0.1) is 0 Å². The summed E-state index contributed by atoms with van der Waals surface area (Å²) in [5.74, 6) is -3.19. The maximum absolute atomic E-state index is 13.7. The number of benzene rings is 1. The lowest BCUT2D eigenvalue weighted by molar-refractivity contribution is 0.0594. The summed E-state index contributed by atoms with van der Waals surface area (Å²) in [6, 6.07) is 2.50. The molecule has 0 aromatic heterocycles. The molecule has 0 unspecified atom stereocenters. The Kier molecular flexibility index (Phi) is 6.21. The van der Waals surface area contributed by atoms with Crippen LogP contribution in [0.15, 0.2) is 12.1 Å². The van der Waals surface area contributed by atoms with Crippen molar-refractivity contribution in [1.29, 1.82) is 0 Å². The van der Waals surface area contributed by atoms with Crippen molar-refractivity contribution in [3.05, 3.63) is 29.3 Å². The highest BCUT2D eigenvalue weighted by Gasteiger charge is 2.18. The predicted molar refractivity (Wildman–Crippen MR) is 67.3 cm³/mol. The fourth-order valence-corrected chi connectivity index (χ4v) is 1.50. The van der Waals surface area contributed by atoms with Gasteiger partial charge in [-0.1, -0.05) is 0 Å². The number of carbonyl (C=O) groups is 1. The monoisotopic (exact) mass is 273 g/mol. The van der Waals surface area contributed by atoms with Crippen LogP contribution in [-0.4, -0.2) is 32.8 Å². The van der Waals surface area contributed by atoms with Crippen LogP contribution in [0.1, 0.15) is 23.7 Å². The van der Waals surface area contributed by atoms with Crippen molar-refractivity contribution in [3.63, 3.8) is 0 Å². The highest BCUT2D eigenvalue weighted by Crippen LogP contribution is 2.21. The van der Waals surface area contributed by atoms with E-state index in [-0.39, 0.29) is 5.69 Å². The van der Waals surface area contributed by atoms with E-state index in [1.54, 1.807) is 0 Å². The van der Waals surface area contributed by atoms with Gasteiger partial charge in [0.1, 0.15) is 0 Å². The minimum absolute atomic E-state index is 0.0154. The normalized spacial score (nSPS) is 10.3. The van der Waals surface area contributed by atoms with E-state index >= 15 is 0 Å². The molecular weight excluding hydrogens is 256 g/mol. The van der Waals surface area contributed by atoms with Crippen LogP contribution in [0.25, 0.3) is 0 Å². The van der Waals surface area contributed by atoms with Crippen molar-refractivity contribution in [1.82, 2.24) is 0 Å². The van der Waals surface area contributed by atoms with Crippen LogP contribution in [0, 0.1) is 11.6 Å². The van der Waals surface area contributed by atoms with E-state index in [0.717, 1.165) is 7.11 Å². The number of methoxy groups -OCH3 is 1. The molecule has 1 N–H and O–H groups in total. The molecule has 4 nitrogen and oxygen atoms in total. The van der Waals surface area contributed by atoms with E-state index in [1.165, 1.54) is 12.1 Å². The van der Waals surface area contributed by atoms with E-state index in [2.05, 4.69) is 10.1 Å². The Morgan fingerprint density at radius 2 is 2.05 bits per heavy atom. The standard InChI is InChI=1S/C13H17F2NO3/c1-3-19-8-4-7-16-10-6-5-9(13(17)18-2)11(14)12(10)15/h5-6,16H,3-4,7-8H2,1-2H3. The van der Waals surface area contributed by atoms with Gasteiger partial charge in [0.15, 0.2) is 11.6 Å². The predicted octanol–water partition coefficient (Wildman–Crippen LogP) is 2.59. The number of carbonyl (C=O) groups excluding carboxylic acids is 1. The second-order valence-electron chi connectivity index (χ2n) is 3.76. The average molecular weight is 273 g/mol. The molecular formula is C13H17F2NO3. The van der Waals surface area contributed by atoms with Gasteiger partial charge in [0.05, 0.1) is 18.4 Å². The van der Waals surface area contributed by atoms with Gasteiger partial charge in [0.25, 0.3) is 0 Å². The van der Waals surface area contributed by atoms with Gasteiger partial charge in [0.2, 0.25) is 0 Å². The first-order valence-corrected chi connectivity index (χ1v) is 5.99. The molecule has 1 rings (SSSR count). The fourth-order valence-electron chi connectivity index (χ4n) is 1.50. The summed E-state index contributed by atoms with van der Waals surface area (Å²) in [4.78, 5) is 11.2. The first-order valence-electron chi connectivity index (χ1n) is 5.99. The van der Waals surface area contributed by atoms with Gasteiger partial charge in [-0.05, 0) is 25.5 Å². The van der Waals surface area contributed by atoms with Crippen LogP contribution < -0.4 is 5.32 Å². The molecule has 6 heteroatoms. The third kappa shape index (κ3) is 4.17. The largest absolute Gasteiger partial charge is 0.465 e. The van der Waals surface area contributed by atoms with Crippen LogP contribution in [0.2, 0.25) is 0 Å². The third-order valence-electron chi connectivity index (χ3n) is 2.47. The van der Waals surface area contributed by atoms with Crippen LogP contribution in [0.5, 0.6) is 0 Å². The number of nitrogens with one attached hydrogen (secondary N) is 1. The quantitative estimate of drug-likeness (QED) is 0.612. The molecule has 1 aromatic rings. The molecule has 19 heavy (non-hydrogen) atoms. The van der Waals surface area contributed by atoms with Gasteiger partial charge in [-0.3, -0.25) is 0 Å². The number of hydrogen-bond donors (Lipinski definition) is 1. The lowest BCUT2D eigenvalue weighted by Gasteiger charge is -2.09. The van der Waals surface area contributed by atoms with Crippen molar-refractivity contribution >= 4 is 11.7 Å². The molecule has 0 aliphatic rings. The number of ether oxygens (including phenoxy) is 2. The van der Waals surface area contributed by atoms with Gasteiger partial charge in [-0.2, -0.15) is 0 Å². The lowest BCUT2D eigenvalue weighted by Crippen LogP contribution is -2.11. The van der Waals surface area contributed by atoms with Crippen molar-refractivity contribution < 1.29 is 23.0 Å². The number of hydrogen-bond acceptors (Lipinski definition) is 4. The average Bonchev–Trinajstić information content (AvgIpc) is 2.42. The molecule has 0 aliphatic carbocycles. The van der Waals surface area contributed by atoms with E-state index in [9.17, 15) is 13.6 Å². The molecule has 1 aromatic carbocycles. The highest BCUT2D eigenvalue weighted by molar-refractivity contribution is 5.90. The van der Waals surface area contributed by atoms with Crippen molar-refractivity contribution in [3.8, 4) is 0 Å². The van der Waals surface area contributed by atoms with Crippen molar-refractivity contribution in [2.75, 3.05) is 32.2 Å². The number of esters is 1. The van der Waals surface area contributed by atoms with Crippen LogP contribution >= 0.6 is 0 Å². The highest BCUT2D eigenvalue weighted by atomic mass is 19.2. The Labute approximate surface area is 110 Å². The third-order valence-corrected chi connectivity index (χ3v) is 2.47. The number of rotatable bonds is 7. The second-order valence-corrected chi connectivity index (χ2v) is 3.76. The number of halogens is 2. The Balaban J connectivity index is 2.66. The van der Waals surface area contributed by atoms with Gasteiger partial charge in [0, 0.05) is 19.8 Å². The molecule has 0 saturated heterocycles. The lowest BCUT2D eigenvalue weighted by atomic mass is 10.2. The van der Waals surface area contributed by atoms with Crippen LogP contribution in [-0.2, 0) is 9.47 Å². The zero-order valence-corrected chi connectivity index (χ0v) is 11.0. The summed E-state index contributed by atoms with van der Waals surface area (Å²) < 4.78 is 36.7. The number of anilines is 1. The SMILES string of the molecule is CCOCCCNc1ccc(C(=O)OC)c(F)c1F. The molecule has 0 fully saturated rings. The first-order chi connectivity index (χ1) is 9.11. The van der Waals surface area contributed by atoms with Crippen LogP contribution in [0.4, 0.5) is 14.5 Å². The Morgan fingerprint density at radius 3 is 2.68 bits per heavy atom. The molecule has 0 spiro atoms. The van der Waals surface area contributed by atoms with E-state index in [1.807, 2.05) is 6.92 Å². The van der Waals surface area contributed by atoms with Gasteiger partial charge >= 0.3 is 5.97 Å². The molecule has 0 amide bonds.